The third-order valence-corrected chi connectivity index (χ3v) is 4.17. The number of carbonyl (C=O) groups excluding carboxylic acids is 2. The number of imidazole rings is 1. The summed E-state index contributed by atoms with van der Waals surface area (Å²) in [6, 6.07) is 7.11. The molecular weight excluding hydrogens is 344 g/mol. The van der Waals surface area contributed by atoms with Gasteiger partial charge in [0.05, 0.1) is 7.11 Å². The van der Waals surface area contributed by atoms with Gasteiger partial charge in [0.25, 0.3) is 0 Å². The number of nitrogens with zero attached hydrogens (tertiary/aromatic N) is 2. The van der Waals surface area contributed by atoms with E-state index in [-0.39, 0.29) is 24.8 Å². The quantitative estimate of drug-likeness (QED) is 0.780. The second-order valence-electron chi connectivity index (χ2n) is 7.43. The smallest absolute Gasteiger partial charge is 0.225 e. The Bertz CT molecular complexity index is 793. The van der Waals surface area contributed by atoms with Gasteiger partial charge in [0.15, 0.2) is 0 Å². The Morgan fingerprint density at radius 1 is 1.30 bits per heavy atom. The molecule has 0 aliphatic rings. The normalized spacial score (nSPS) is 12.3. The molecule has 0 spiro atoms. The molecule has 1 aromatic carbocycles. The molecule has 0 aliphatic carbocycles. The van der Waals surface area contributed by atoms with Crippen molar-refractivity contribution in [1.29, 1.82) is 0 Å². The number of hydrogen-bond donors (Lipinski definition) is 2. The first-order chi connectivity index (χ1) is 12.7. The molecule has 0 saturated carbocycles. The first kappa shape index (κ1) is 20.5. The van der Waals surface area contributed by atoms with E-state index >= 15 is 0 Å². The summed E-state index contributed by atoms with van der Waals surface area (Å²) < 4.78 is 7.16. The molecule has 27 heavy (non-hydrogen) atoms. The third kappa shape index (κ3) is 5.57. The lowest BCUT2D eigenvalue weighted by molar-refractivity contribution is -0.128. The van der Waals surface area contributed by atoms with E-state index in [1.165, 1.54) is 0 Å². The fourth-order valence-electron chi connectivity index (χ4n) is 2.56. The maximum Gasteiger partial charge on any atom is 0.225 e. The van der Waals surface area contributed by atoms with Crippen LogP contribution in [0, 0.1) is 5.41 Å². The molecular formula is C20H28N4O3. The van der Waals surface area contributed by atoms with Gasteiger partial charge in [0, 0.05) is 37.8 Å². The molecule has 1 heterocycles. The van der Waals surface area contributed by atoms with Crippen LogP contribution in [0.2, 0.25) is 0 Å². The van der Waals surface area contributed by atoms with Gasteiger partial charge < -0.3 is 19.9 Å². The summed E-state index contributed by atoms with van der Waals surface area (Å²) in [5.41, 5.74) is 0.391. The number of methoxy groups -OCH3 is 1. The average Bonchev–Trinajstić information content (AvgIpc) is 3.04. The van der Waals surface area contributed by atoms with E-state index in [0.29, 0.717) is 5.75 Å². The van der Waals surface area contributed by atoms with Crippen LogP contribution in [0.5, 0.6) is 5.75 Å². The van der Waals surface area contributed by atoms with Gasteiger partial charge >= 0.3 is 0 Å². The van der Waals surface area contributed by atoms with Crippen LogP contribution < -0.4 is 15.4 Å². The summed E-state index contributed by atoms with van der Waals surface area (Å²) in [6.45, 7) is 5.79. The second kappa shape index (κ2) is 8.70. The molecule has 7 heteroatoms. The van der Waals surface area contributed by atoms with Crippen LogP contribution in [0.25, 0.3) is 0 Å². The standard InChI is InChI=1S/C20H28N4O3/c1-20(2,3)19(26)22-10-9-16(25)23-17(18-21-11-12-24(18)4)14-7-6-8-15(13-14)27-5/h6-8,11-13,17H,9-10H2,1-5H3,(H,22,26)(H,23,25). The number of aromatic nitrogens is 2. The largest absolute Gasteiger partial charge is 0.497 e. The maximum atomic E-state index is 12.5. The van der Waals surface area contributed by atoms with E-state index in [1.54, 1.807) is 13.3 Å². The fourth-order valence-corrected chi connectivity index (χ4v) is 2.56. The molecule has 0 saturated heterocycles. The first-order valence-electron chi connectivity index (χ1n) is 8.91. The molecule has 0 aliphatic heterocycles. The Labute approximate surface area is 160 Å². The van der Waals surface area contributed by atoms with Crippen LogP contribution >= 0.6 is 0 Å². The molecule has 146 valence electrons. The SMILES string of the molecule is COc1cccc(C(NC(=O)CCNC(=O)C(C)(C)C)c2nccn2C)c1. The van der Waals surface area contributed by atoms with Crippen LogP contribution in [0.1, 0.15) is 44.6 Å². The number of amides is 2. The van der Waals surface area contributed by atoms with E-state index in [9.17, 15) is 9.59 Å². The number of benzene rings is 1. The number of nitrogens with one attached hydrogen (secondary N) is 2. The highest BCUT2D eigenvalue weighted by atomic mass is 16.5. The van der Waals surface area contributed by atoms with Gasteiger partial charge in [0.2, 0.25) is 11.8 Å². The lowest BCUT2D eigenvalue weighted by atomic mass is 9.96. The van der Waals surface area contributed by atoms with E-state index in [2.05, 4.69) is 15.6 Å². The molecule has 2 rings (SSSR count). The molecule has 0 fully saturated rings. The highest BCUT2D eigenvalue weighted by Gasteiger charge is 2.23. The zero-order valence-electron chi connectivity index (χ0n) is 16.6. The van der Waals surface area contributed by atoms with Crippen molar-refractivity contribution in [1.82, 2.24) is 20.2 Å². The van der Waals surface area contributed by atoms with Crippen molar-refractivity contribution >= 4 is 11.8 Å². The zero-order valence-corrected chi connectivity index (χ0v) is 16.6. The Balaban J connectivity index is 2.10. The number of ether oxygens (including phenoxy) is 1. The van der Waals surface area contributed by atoms with Gasteiger partial charge in [-0.05, 0) is 17.7 Å². The van der Waals surface area contributed by atoms with E-state index in [0.717, 1.165) is 11.4 Å². The lowest BCUT2D eigenvalue weighted by Crippen LogP contribution is -2.38. The Morgan fingerprint density at radius 2 is 2.04 bits per heavy atom. The predicted molar refractivity (Wildman–Crippen MR) is 103 cm³/mol. The predicted octanol–water partition coefficient (Wildman–Crippen LogP) is 2.19. The van der Waals surface area contributed by atoms with Crippen molar-refractivity contribution in [3.05, 3.63) is 48.0 Å². The summed E-state index contributed by atoms with van der Waals surface area (Å²) in [6.07, 6.45) is 3.71. The Hall–Kier alpha value is -2.83. The Kier molecular flexibility index (Phi) is 6.60. The van der Waals surface area contributed by atoms with Gasteiger partial charge in [-0.25, -0.2) is 4.98 Å². The molecule has 1 aromatic heterocycles. The van der Waals surface area contributed by atoms with Crippen LogP contribution in [-0.4, -0.2) is 35.0 Å². The monoisotopic (exact) mass is 372 g/mol. The van der Waals surface area contributed by atoms with Gasteiger partial charge in [0.1, 0.15) is 17.6 Å². The van der Waals surface area contributed by atoms with Gasteiger partial charge in [-0.3, -0.25) is 9.59 Å². The second-order valence-corrected chi connectivity index (χ2v) is 7.43. The first-order valence-corrected chi connectivity index (χ1v) is 8.91. The van der Waals surface area contributed by atoms with Gasteiger partial charge in [-0.15, -0.1) is 0 Å². The van der Waals surface area contributed by atoms with E-state index in [4.69, 9.17) is 4.74 Å². The topological polar surface area (TPSA) is 85.2 Å². The van der Waals surface area contributed by atoms with Crippen molar-refractivity contribution in [2.24, 2.45) is 12.5 Å². The minimum atomic E-state index is -0.480. The van der Waals surface area contributed by atoms with Crippen molar-refractivity contribution < 1.29 is 14.3 Å². The molecule has 0 radical (unpaired) electrons. The molecule has 2 aromatic rings. The van der Waals surface area contributed by atoms with Gasteiger partial charge in [-0.1, -0.05) is 32.9 Å². The molecule has 7 nitrogen and oxygen atoms in total. The minimum absolute atomic E-state index is 0.0799. The highest BCUT2D eigenvalue weighted by molar-refractivity contribution is 5.82. The molecule has 1 unspecified atom stereocenters. The van der Waals surface area contributed by atoms with Crippen LogP contribution in [0.3, 0.4) is 0 Å². The summed E-state index contributed by atoms with van der Waals surface area (Å²) >= 11 is 0. The Morgan fingerprint density at radius 3 is 2.63 bits per heavy atom. The average molecular weight is 372 g/mol. The summed E-state index contributed by atoms with van der Waals surface area (Å²) in [4.78, 5) is 28.8. The third-order valence-electron chi connectivity index (χ3n) is 4.17. The van der Waals surface area contributed by atoms with Crippen LogP contribution in [0.15, 0.2) is 36.7 Å². The molecule has 1 atom stereocenters. The van der Waals surface area contributed by atoms with Crippen molar-refractivity contribution in [3.63, 3.8) is 0 Å². The van der Waals surface area contributed by atoms with Crippen molar-refractivity contribution in [2.45, 2.75) is 33.2 Å². The maximum absolute atomic E-state index is 12.5. The summed E-state index contributed by atoms with van der Waals surface area (Å²) in [5.74, 6) is 1.18. The molecule has 2 N–H and O–H groups in total. The van der Waals surface area contributed by atoms with Gasteiger partial charge in [-0.2, -0.15) is 0 Å². The number of rotatable bonds is 7. The lowest BCUT2D eigenvalue weighted by Gasteiger charge is -2.20. The van der Waals surface area contributed by atoms with E-state index < -0.39 is 11.5 Å². The molecule has 0 bridgehead atoms. The fraction of sp³-hybridized carbons (Fsp3) is 0.450. The summed E-state index contributed by atoms with van der Waals surface area (Å²) in [7, 11) is 3.48. The highest BCUT2D eigenvalue weighted by Crippen LogP contribution is 2.24. The number of carbonyl (C=O) groups is 2. The van der Waals surface area contributed by atoms with Crippen molar-refractivity contribution in [3.8, 4) is 5.75 Å². The van der Waals surface area contributed by atoms with Crippen LogP contribution in [0.4, 0.5) is 0 Å². The number of hydrogen-bond acceptors (Lipinski definition) is 4. The zero-order chi connectivity index (χ0) is 20.0. The number of aryl methyl sites for hydroxylation is 1. The van der Waals surface area contributed by atoms with Crippen LogP contribution in [-0.2, 0) is 16.6 Å². The minimum Gasteiger partial charge on any atom is -0.497 e. The molecule has 2 amide bonds. The van der Waals surface area contributed by atoms with Crippen molar-refractivity contribution in [2.75, 3.05) is 13.7 Å². The summed E-state index contributed by atoms with van der Waals surface area (Å²) in [5, 5.41) is 5.80. The van der Waals surface area contributed by atoms with E-state index in [1.807, 2.05) is 62.8 Å².